The Hall–Kier alpha value is -1.42. The molecule has 1 aromatic rings. The zero-order valence-electron chi connectivity index (χ0n) is 9.70. The van der Waals surface area contributed by atoms with Gasteiger partial charge in [0.15, 0.2) is 0 Å². The van der Waals surface area contributed by atoms with E-state index in [9.17, 15) is 4.79 Å². The topological polar surface area (TPSA) is 55.1 Å². The van der Waals surface area contributed by atoms with Gasteiger partial charge in [-0.25, -0.2) is 0 Å². The summed E-state index contributed by atoms with van der Waals surface area (Å²) in [5.41, 5.74) is 6.50. The van der Waals surface area contributed by atoms with Crippen LogP contribution in [0, 0.1) is 12.3 Å². The van der Waals surface area contributed by atoms with Crippen molar-refractivity contribution in [1.29, 1.82) is 0 Å². The van der Waals surface area contributed by atoms with Gasteiger partial charge < -0.3 is 11.1 Å². The number of para-hydroxylation sites is 1. The standard InChI is InChI=1S/C12H16N2OS/c1-8-6-4-5-7-9(8)14-11(15)12(2,3)10(13)16/h4-7H,1-3H3,(H2,13,16)(H,14,15). The van der Waals surface area contributed by atoms with Crippen LogP contribution in [-0.2, 0) is 4.79 Å². The summed E-state index contributed by atoms with van der Waals surface area (Å²) in [6.45, 7) is 5.36. The second kappa shape index (κ2) is 4.61. The van der Waals surface area contributed by atoms with E-state index in [-0.39, 0.29) is 10.9 Å². The second-order valence-electron chi connectivity index (χ2n) is 4.26. The Bertz CT molecular complexity index is 427. The molecule has 0 aliphatic rings. The Balaban J connectivity index is 2.88. The maximum Gasteiger partial charge on any atom is 0.236 e. The minimum Gasteiger partial charge on any atom is -0.392 e. The molecule has 0 bridgehead atoms. The number of hydrogen-bond acceptors (Lipinski definition) is 2. The Morgan fingerprint density at radius 1 is 1.38 bits per heavy atom. The van der Waals surface area contributed by atoms with Crippen LogP contribution in [0.1, 0.15) is 19.4 Å². The van der Waals surface area contributed by atoms with Gasteiger partial charge in [0, 0.05) is 5.69 Å². The Labute approximate surface area is 101 Å². The Morgan fingerprint density at radius 3 is 2.44 bits per heavy atom. The van der Waals surface area contributed by atoms with E-state index in [4.69, 9.17) is 18.0 Å². The SMILES string of the molecule is Cc1ccccc1NC(=O)C(C)(C)C(N)=S. The zero-order chi connectivity index (χ0) is 12.3. The first kappa shape index (κ1) is 12.6. The number of aryl methyl sites for hydroxylation is 1. The molecule has 0 atom stereocenters. The molecule has 0 saturated heterocycles. The van der Waals surface area contributed by atoms with Gasteiger partial charge >= 0.3 is 0 Å². The fraction of sp³-hybridized carbons (Fsp3) is 0.333. The average molecular weight is 236 g/mol. The van der Waals surface area contributed by atoms with E-state index in [1.165, 1.54) is 0 Å². The van der Waals surface area contributed by atoms with E-state index in [0.717, 1.165) is 11.3 Å². The number of carbonyl (C=O) groups excluding carboxylic acids is 1. The summed E-state index contributed by atoms with van der Waals surface area (Å²) in [6.07, 6.45) is 0. The highest BCUT2D eigenvalue weighted by Crippen LogP contribution is 2.20. The van der Waals surface area contributed by atoms with Crippen LogP contribution >= 0.6 is 12.2 Å². The number of thiocarbonyl (C=S) groups is 1. The van der Waals surface area contributed by atoms with Gasteiger partial charge in [-0.05, 0) is 32.4 Å². The summed E-state index contributed by atoms with van der Waals surface area (Å²) in [4.78, 5) is 12.1. The molecule has 0 heterocycles. The number of nitrogens with one attached hydrogen (secondary N) is 1. The average Bonchev–Trinajstić information content (AvgIpc) is 2.21. The van der Waals surface area contributed by atoms with Crippen LogP contribution in [-0.4, -0.2) is 10.9 Å². The first-order valence-corrected chi connectivity index (χ1v) is 5.43. The van der Waals surface area contributed by atoms with Gasteiger partial charge in [-0.15, -0.1) is 0 Å². The zero-order valence-corrected chi connectivity index (χ0v) is 10.5. The lowest BCUT2D eigenvalue weighted by atomic mass is 9.92. The molecular weight excluding hydrogens is 220 g/mol. The molecule has 0 radical (unpaired) electrons. The van der Waals surface area contributed by atoms with Crippen molar-refractivity contribution < 1.29 is 4.79 Å². The van der Waals surface area contributed by atoms with Crippen LogP contribution in [0.15, 0.2) is 24.3 Å². The third-order valence-corrected chi connectivity index (χ3v) is 3.09. The molecule has 4 heteroatoms. The number of rotatable bonds is 3. The van der Waals surface area contributed by atoms with Crippen molar-refractivity contribution in [1.82, 2.24) is 0 Å². The number of benzene rings is 1. The number of anilines is 1. The van der Waals surface area contributed by atoms with Gasteiger partial charge in [-0.3, -0.25) is 4.79 Å². The number of nitrogens with two attached hydrogens (primary N) is 1. The third-order valence-electron chi connectivity index (χ3n) is 2.58. The molecule has 1 amide bonds. The molecule has 1 rings (SSSR count). The quantitative estimate of drug-likeness (QED) is 0.791. The van der Waals surface area contributed by atoms with Gasteiger partial charge in [-0.1, -0.05) is 30.4 Å². The van der Waals surface area contributed by atoms with E-state index in [2.05, 4.69) is 5.32 Å². The van der Waals surface area contributed by atoms with Crippen LogP contribution < -0.4 is 11.1 Å². The van der Waals surface area contributed by atoms with Gasteiger partial charge in [0.05, 0.1) is 10.4 Å². The van der Waals surface area contributed by atoms with E-state index in [0.29, 0.717) is 0 Å². The van der Waals surface area contributed by atoms with Crippen LogP contribution in [0.4, 0.5) is 5.69 Å². The predicted octanol–water partition coefficient (Wildman–Crippen LogP) is 2.25. The van der Waals surface area contributed by atoms with Crippen LogP contribution in [0.2, 0.25) is 0 Å². The molecule has 1 aromatic carbocycles. The van der Waals surface area contributed by atoms with Crippen molar-refractivity contribution in [2.24, 2.45) is 11.1 Å². The van der Waals surface area contributed by atoms with Crippen LogP contribution in [0.5, 0.6) is 0 Å². The molecule has 16 heavy (non-hydrogen) atoms. The number of carbonyl (C=O) groups is 1. The van der Waals surface area contributed by atoms with Crippen molar-refractivity contribution in [3.05, 3.63) is 29.8 Å². The lowest BCUT2D eigenvalue weighted by Crippen LogP contribution is -2.41. The monoisotopic (exact) mass is 236 g/mol. The minimum atomic E-state index is -0.836. The molecule has 3 N–H and O–H groups in total. The lowest BCUT2D eigenvalue weighted by molar-refractivity contribution is -0.121. The van der Waals surface area contributed by atoms with Crippen molar-refractivity contribution in [3.63, 3.8) is 0 Å². The first-order valence-electron chi connectivity index (χ1n) is 5.02. The highest BCUT2D eigenvalue weighted by atomic mass is 32.1. The van der Waals surface area contributed by atoms with E-state index in [1.807, 2.05) is 31.2 Å². The second-order valence-corrected chi connectivity index (χ2v) is 4.70. The van der Waals surface area contributed by atoms with Gasteiger partial charge in [0.1, 0.15) is 0 Å². The lowest BCUT2D eigenvalue weighted by Gasteiger charge is -2.22. The Kier molecular flexibility index (Phi) is 3.65. The molecule has 0 aliphatic heterocycles. The number of hydrogen-bond donors (Lipinski definition) is 2. The van der Waals surface area contributed by atoms with Crippen molar-refractivity contribution in [3.8, 4) is 0 Å². The van der Waals surface area contributed by atoms with E-state index >= 15 is 0 Å². The highest BCUT2D eigenvalue weighted by molar-refractivity contribution is 7.80. The summed E-state index contributed by atoms with van der Waals surface area (Å²) in [6, 6.07) is 7.58. The van der Waals surface area contributed by atoms with Gasteiger partial charge in [0.2, 0.25) is 5.91 Å². The minimum absolute atomic E-state index is 0.186. The van der Waals surface area contributed by atoms with Crippen molar-refractivity contribution >= 4 is 28.8 Å². The summed E-state index contributed by atoms with van der Waals surface area (Å²) in [5, 5.41) is 2.83. The molecule has 0 saturated carbocycles. The maximum atomic E-state index is 11.9. The fourth-order valence-corrected chi connectivity index (χ4v) is 1.20. The summed E-state index contributed by atoms with van der Waals surface area (Å²) < 4.78 is 0. The molecule has 86 valence electrons. The van der Waals surface area contributed by atoms with Crippen LogP contribution in [0.25, 0.3) is 0 Å². The smallest absolute Gasteiger partial charge is 0.236 e. The molecule has 3 nitrogen and oxygen atoms in total. The van der Waals surface area contributed by atoms with Crippen LogP contribution in [0.3, 0.4) is 0 Å². The van der Waals surface area contributed by atoms with Crippen molar-refractivity contribution in [2.45, 2.75) is 20.8 Å². The molecule has 0 fully saturated rings. The third kappa shape index (κ3) is 2.58. The molecule has 0 spiro atoms. The van der Waals surface area contributed by atoms with E-state index in [1.54, 1.807) is 13.8 Å². The normalized spacial score (nSPS) is 10.9. The molecule has 0 aromatic heterocycles. The largest absolute Gasteiger partial charge is 0.392 e. The molecule has 0 aliphatic carbocycles. The fourth-order valence-electron chi connectivity index (χ4n) is 1.10. The van der Waals surface area contributed by atoms with Gasteiger partial charge in [-0.2, -0.15) is 0 Å². The number of amides is 1. The predicted molar refractivity (Wildman–Crippen MR) is 70.4 cm³/mol. The van der Waals surface area contributed by atoms with Gasteiger partial charge in [0.25, 0.3) is 0 Å². The molecule has 0 unspecified atom stereocenters. The van der Waals surface area contributed by atoms with E-state index < -0.39 is 5.41 Å². The summed E-state index contributed by atoms with van der Waals surface area (Å²) in [7, 11) is 0. The summed E-state index contributed by atoms with van der Waals surface area (Å²) in [5.74, 6) is -0.186. The maximum absolute atomic E-state index is 11.9. The first-order chi connectivity index (χ1) is 7.35. The van der Waals surface area contributed by atoms with Crippen molar-refractivity contribution in [2.75, 3.05) is 5.32 Å². The summed E-state index contributed by atoms with van der Waals surface area (Å²) >= 11 is 4.87. The molecular formula is C12H16N2OS. The Morgan fingerprint density at radius 2 is 1.94 bits per heavy atom. The highest BCUT2D eigenvalue weighted by Gasteiger charge is 2.30.